The molecule has 1 atom stereocenters. The predicted octanol–water partition coefficient (Wildman–Crippen LogP) is 3.26. The molecule has 2 aromatic rings. The van der Waals surface area contributed by atoms with Gasteiger partial charge in [0.1, 0.15) is 5.75 Å². The van der Waals surface area contributed by atoms with Gasteiger partial charge in [0.05, 0.1) is 11.5 Å². The zero-order chi connectivity index (χ0) is 24.9. The molecule has 2 saturated heterocycles. The quantitative estimate of drug-likeness (QED) is 0.558. The summed E-state index contributed by atoms with van der Waals surface area (Å²) in [5.74, 6) is 0.815. The van der Waals surface area contributed by atoms with E-state index in [0.717, 1.165) is 37.2 Å². The number of para-hydroxylation sites is 1. The molecule has 2 aliphatic rings. The fourth-order valence-corrected chi connectivity index (χ4v) is 6.56. The van der Waals surface area contributed by atoms with Crippen LogP contribution < -0.4 is 4.74 Å². The smallest absolute Gasteiger partial charge is 0.243 e. The summed E-state index contributed by atoms with van der Waals surface area (Å²) in [6.07, 6.45) is 2.59. The van der Waals surface area contributed by atoms with E-state index in [4.69, 9.17) is 4.74 Å². The summed E-state index contributed by atoms with van der Waals surface area (Å²) in [6.45, 7) is 6.20. The van der Waals surface area contributed by atoms with E-state index in [1.54, 1.807) is 16.4 Å². The van der Waals surface area contributed by atoms with Gasteiger partial charge in [-0.25, -0.2) is 8.42 Å². The molecule has 8 heteroatoms. The molecule has 7 nitrogen and oxygen atoms in total. The maximum Gasteiger partial charge on any atom is 0.243 e. The van der Waals surface area contributed by atoms with Crippen LogP contribution in [-0.2, 0) is 21.2 Å². The Morgan fingerprint density at radius 2 is 1.66 bits per heavy atom. The maximum atomic E-state index is 13.6. The Hall–Kier alpha value is -2.42. The average Bonchev–Trinajstić information content (AvgIpc) is 2.88. The van der Waals surface area contributed by atoms with Crippen LogP contribution in [0.2, 0.25) is 0 Å². The van der Waals surface area contributed by atoms with Crippen molar-refractivity contribution in [2.45, 2.75) is 37.5 Å². The Bertz CT molecular complexity index is 1080. The Labute approximate surface area is 209 Å². The molecule has 0 aromatic heterocycles. The summed E-state index contributed by atoms with van der Waals surface area (Å²) in [4.78, 5) is 17.8. The summed E-state index contributed by atoms with van der Waals surface area (Å²) in [5, 5.41) is 0. The normalized spacial score (nSPS) is 22.2. The Morgan fingerprint density at radius 1 is 0.971 bits per heavy atom. The highest BCUT2D eigenvalue weighted by molar-refractivity contribution is 7.89. The van der Waals surface area contributed by atoms with Gasteiger partial charge in [0.25, 0.3) is 0 Å². The van der Waals surface area contributed by atoms with Crippen LogP contribution in [0.5, 0.6) is 5.75 Å². The summed E-state index contributed by atoms with van der Waals surface area (Å²) in [5.41, 5.74) is 0.524. The SMILES string of the molecule is CCc1ccc(S(=O)(=O)N2CCCC(COc3ccccc3)(CC(=O)N3CCN(C)CC3)C2)cc1. The van der Waals surface area contributed by atoms with Crippen molar-refractivity contribution in [3.05, 3.63) is 60.2 Å². The van der Waals surface area contributed by atoms with Gasteiger partial charge in [-0.2, -0.15) is 4.31 Å². The second kappa shape index (κ2) is 11.1. The summed E-state index contributed by atoms with van der Waals surface area (Å²) < 4.78 is 34.8. The number of aryl methyl sites for hydroxylation is 1. The molecule has 1 unspecified atom stereocenters. The largest absolute Gasteiger partial charge is 0.493 e. The number of amides is 1. The van der Waals surface area contributed by atoms with Crippen molar-refractivity contribution in [3.8, 4) is 5.75 Å². The summed E-state index contributed by atoms with van der Waals surface area (Å²) >= 11 is 0. The number of nitrogens with zero attached hydrogens (tertiary/aromatic N) is 3. The fourth-order valence-electron chi connectivity index (χ4n) is 4.97. The standard InChI is InChI=1S/C27H37N3O4S/c1-3-23-10-12-25(13-11-23)35(32,33)30-15-7-14-27(21-30,22-34-24-8-5-4-6-9-24)20-26(31)29-18-16-28(2)17-19-29/h4-6,8-13H,3,7,14-22H2,1-2H3. The van der Waals surface area contributed by atoms with Crippen LogP contribution in [-0.4, -0.2) is 81.4 Å². The molecule has 0 saturated carbocycles. The summed E-state index contributed by atoms with van der Waals surface area (Å²) in [7, 11) is -1.60. The first-order chi connectivity index (χ1) is 16.8. The van der Waals surface area contributed by atoms with Crippen LogP contribution in [0.1, 0.15) is 31.7 Å². The highest BCUT2D eigenvalue weighted by Crippen LogP contribution is 2.37. The average molecular weight is 500 g/mol. The van der Waals surface area contributed by atoms with Crippen molar-refractivity contribution in [1.82, 2.24) is 14.1 Å². The van der Waals surface area contributed by atoms with Gasteiger partial charge in [-0.3, -0.25) is 4.79 Å². The van der Waals surface area contributed by atoms with E-state index in [1.807, 2.05) is 54.3 Å². The molecule has 2 fully saturated rings. The van der Waals surface area contributed by atoms with Gasteiger partial charge < -0.3 is 14.5 Å². The number of ether oxygens (including phenoxy) is 1. The van der Waals surface area contributed by atoms with Crippen molar-refractivity contribution in [2.75, 3.05) is 52.9 Å². The van der Waals surface area contributed by atoms with E-state index in [2.05, 4.69) is 11.9 Å². The molecule has 0 aliphatic carbocycles. The Kier molecular flexibility index (Phi) is 8.14. The van der Waals surface area contributed by atoms with E-state index in [1.165, 1.54) is 0 Å². The van der Waals surface area contributed by atoms with Gasteiger partial charge in [-0.05, 0) is 56.1 Å². The molecule has 35 heavy (non-hydrogen) atoms. The van der Waals surface area contributed by atoms with Crippen molar-refractivity contribution < 1.29 is 17.9 Å². The second-order valence-electron chi connectivity index (χ2n) is 9.90. The second-order valence-corrected chi connectivity index (χ2v) is 11.8. The third kappa shape index (κ3) is 6.23. The van der Waals surface area contributed by atoms with Gasteiger partial charge in [0.2, 0.25) is 15.9 Å². The Balaban J connectivity index is 1.55. The third-order valence-electron chi connectivity index (χ3n) is 7.27. The number of sulfonamides is 1. The van der Waals surface area contributed by atoms with Gasteiger partial charge in [0, 0.05) is 51.1 Å². The number of carbonyl (C=O) groups is 1. The highest BCUT2D eigenvalue weighted by Gasteiger charge is 2.43. The van der Waals surface area contributed by atoms with Crippen LogP contribution in [0.4, 0.5) is 0 Å². The van der Waals surface area contributed by atoms with Crippen LogP contribution in [0.15, 0.2) is 59.5 Å². The Morgan fingerprint density at radius 3 is 2.31 bits per heavy atom. The molecule has 4 rings (SSSR count). The van der Waals surface area contributed by atoms with E-state index in [0.29, 0.717) is 37.6 Å². The molecule has 0 spiro atoms. The minimum Gasteiger partial charge on any atom is -0.493 e. The zero-order valence-electron chi connectivity index (χ0n) is 20.9. The highest BCUT2D eigenvalue weighted by atomic mass is 32.2. The molecule has 2 aromatic carbocycles. The molecular formula is C27H37N3O4S. The zero-order valence-corrected chi connectivity index (χ0v) is 21.7. The van der Waals surface area contributed by atoms with Crippen molar-refractivity contribution >= 4 is 15.9 Å². The molecule has 0 bridgehead atoms. The van der Waals surface area contributed by atoms with Gasteiger partial charge in [-0.15, -0.1) is 0 Å². The topological polar surface area (TPSA) is 70.2 Å². The van der Waals surface area contributed by atoms with Crippen LogP contribution in [0, 0.1) is 5.41 Å². The first kappa shape index (κ1) is 25.7. The number of hydrogen-bond donors (Lipinski definition) is 0. The van der Waals surface area contributed by atoms with Crippen molar-refractivity contribution in [3.63, 3.8) is 0 Å². The van der Waals surface area contributed by atoms with E-state index in [-0.39, 0.29) is 18.9 Å². The summed E-state index contributed by atoms with van der Waals surface area (Å²) in [6, 6.07) is 16.7. The number of hydrogen-bond acceptors (Lipinski definition) is 5. The maximum absolute atomic E-state index is 13.6. The first-order valence-electron chi connectivity index (χ1n) is 12.5. The number of carbonyl (C=O) groups excluding carboxylic acids is 1. The van der Waals surface area contributed by atoms with E-state index >= 15 is 0 Å². The molecule has 190 valence electrons. The van der Waals surface area contributed by atoms with E-state index < -0.39 is 15.4 Å². The van der Waals surface area contributed by atoms with Crippen LogP contribution in [0.25, 0.3) is 0 Å². The van der Waals surface area contributed by atoms with E-state index in [9.17, 15) is 13.2 Å². The number of piperidine rings is 1. The molecule has 1 amide bonds. The lowest BCUT2D eigenvalue weighted by atomic mass is 9.78. The molecule has 2 aliphatic heterocycles. The molecular weight excluding hydrogens is 462 g/mol. The lowest BCUT2D eigenvalue weighted by Gasteiger charge is -2.43. The van der Waals surface area contributed by atoms with Crippen molar-refractivity contribution in [2.24, 2.45) is 5.41 Å². The first-order valence-corrected chi connectivity index (χ1v) is 14.0. The van der Waals surface area contributed by atoms with Gasteiger partial charge >= 0.3 is 0 Å². The predicted molar refractivity (Wildman–Crippen MR) is 137 cm³/mol. The lowest BCUT2D eigenvalue weighted by molar-refractivity contribution is -0.136. The fraction of sp³-hybridized carbons (Fsp3) is 0.519. The minimum atomic E-state index is -3.66. The number of piperazine rings is 1. The van der Waals surface area contributed by atoms with Gasteiger partial charge in [-0.1, -0.05) is 37.3 Å². The molecule has 0 N–H and O–H groups in total. The third-order valence-corrected chi connectivity index (χ3v) is 9.13. The van der Waals surface area contributed by atoms with Crippen molar-refractivity contribution in [1.29, 1.82) is 0 Å². The lowest BCUT2D eigenvalue weighted by Crippen LogP contribution is -2.53. The number of likely N-dealkylation sites (N-methyl/N-ethyl adjacent to an activating group) is 1. The van der Waals surface area contributed by atoms with Gasteiger partial charge in [0.15, 0.2) is 0 Å². The number of rotatable bonds is 8. The molecule has 2 heterocycles. The molecule has 0 radical (unpaired) electrons. The van der Waals surface area contributed by atoms with Crippen LogP contribution in [0.3, 0.4) is 0 Å². The monoisotopic (exact) mass is 499 g/mol. The van der Waals surface area contributed by atoms with Crippen LogP contribution >= 0.6 is 0 Å². The minimum absolute atomic E-state index is 0.0845. The number of benzene rings is 2.